The Kier molecular flexibility index (Phi) is 6.72. The molecular weight excluding hydrogens is 364 g/mol. The van der Waals surface area contributed by atoms with Gasteiger partial charge in [-0.1, -0.05) is 29.3 Å². The number of rotatable bonds is 8. The van der Waals surface area contributed by atoms with Crippen LogP contribution in [0.5, 0.6) is 0 Å². The molecule has 1 atom stereocenters. The summed E-state index contributed by atoms with van der Waals surface area (Å²) in [7, 11) is -3.99. The van der Waals surface area contributed by atoms with Crippen LogP contribution in [0.3, 0.4) is 0 Å². The number of halogens is 1. The molecule has 0 bridgehead atoms. The predicted molar refractivity (Wildman–Crippen MR) is 81.5 cm³/mol. The molecule has 0 saturated carbocycles. The third-order valence-electron chi connectivity index (χ3n) is 3.08. The van der Waals surface area contributed by atoms with Gasteiger partial charge in [0.15, 0.2) is 4.90 Å². The van der Waals surface area contributed by atoms with Crippen molar-refractivity contribution in [2.75, 3.05) is 13.2 Å². The summed E-state index contributed by atoms with van der Waals surface area (Å²) in [6, 6.07) is 3.76. The van der Waals surface area contributed by atoms with Crippen LogP contribution in [-0.2, 0) is 10.0 Å². The Labute approximate surface area is 131 Å². The summed E-state index contributed by atoms with van der Waals surface area (Å²) in [4.78, 5) is 9.84. The Bertz CT molecular complexity index is 606. The second-order valence-electron chi connectivity index (χ2n) is 4.51. The maximum atomic E-state index is 12.2. The van der Waals surface area contributed by atoms with Gasteiger partial charge in [-0.25, -0.2) is 13.1 Å². The van der Waals surface area contributed by atoms with Gasteiger partial charge in [-0.3, -0.25) is 10.1 Å². The molecule has 1 aromatic rings. The molecule has 0 aromatic heterocycles. The van der Waals surface area contributed by atoms with E-state index in [2.05, 4.69) is 20.7 Å². The van der Waals surface area contributed by atoms with E-state index < -0.39 is 20.6 Å². The zero-order chi connectivity index (χ0) is 16.0. The van der Waals surface area contributed by atoms with E-state index in [0.29, 0.717) is 17.3 Å². The normalized spacial score (nSPS) is 13.1. The van der Waals surface area contributed by atoms with Crippen molar-refractivity contribution in [2.24, 2.45) is 5.92 Å². The van der Waals surface area contributed by atoms with Gasteiger partial charge in [0, 0.05) is 23.7 Å². The van der Waals surface area contributed by atoms with Crippen molar-refractivity contribution in [1.82, 2.24) is 4.72 Å². The third-order valence-corrected chi connectivity index (χ3v) is 5.03. The number of nitro benzene ring substituents is 1. The van der Waals surface area contributed by atoms with Crippen LogP contribution in [-0.4, -0.2) is 31.6 Å². The first kappa shape index (κ1) is 18.0. The van der Waals surface area contributed by atoms with Crippen molar-refractivity contribution in [1.29, 1.82) is 0 Å². The molecule has 118 valence electrons. The lowest BCUT2D eigenvalue weighted by Crippen LogP contribution is -2.30. The predicted octanol–water partition coefficient (Wildman–Crippen LogP) is 2.04. The lowest BCUT2D eigenvalue weighted by molar-refractivity contribution is -0.387. The van der Waals surface area contributed by atoms with Gasteiger partial charge in [-0.2, -0.15) is 0 Å². The monoisotopic (exact) mass is 380 g/mol. The molecule has 0 spiro atoms. The van der Waals surface area contributed by atoms with Gasteiger partial charge < -0.3 is 5.11 Å². The van der Waals surface area contributed by atoms with Gasteiger partial charge in [0.05, 0.1) is 4.92 Å². The number of aliphatic hydroxyl groups is 1. The average molecular weight is 381 g/mol. The van der Waals surface area contributed by atoms with Crippen LogP contribution in [0.1, 0.15) is 19.8 Å². The van der Waals surface area contributed by atoms with Crippen molar-refractivity contribution in [2.45, 2.75) is 24.7 Å². The van der Waals surface area contributed by atoms with Gasteiger partial charge in [0.2, 0.25) is 10.0 Å². The Hall–Kier alpha value is -1.03. The Morgan fingerprint density at radius 1 is 1.48 bits per heavy atom. The van der Waals surface area contributed by atoms with Gasteiger partial charge in [-0.05, 0) is 24.5 Å². The second kappa shape index (κ2) is 7.83. The Morgan fingerprint density at radius 3 is 2.67 bits per heavy atom. The first-order valence-corrected chi connectivity index (χ1v) is 8.64. The molecule has 0 fully saturated rings. The molecule has 1 aromatic carbocycles. The summed E-state index contributed by atoms with van der Waals surface area (Å²) in [5, 5.41) is 19.8. The topological polar surface area (TPSA) is 110 Å². The molecule has 0 saturated heterocycles. The summed E-state index contributed by atoms with van der Waals surface area (Å²) in [6.45, 7) is 1.98. The zero-order valence-electron chi connectivity index (χ0n) is 11.5. The summed E-state index contributed by atoms with van der Waals surface area (Å²) >= 11 is 3.11. The molecule has 0 aliphatic rings. The van der Waals surface area contributed by atoms with E-state index in [0.717, 1.165) is 6.07 Å². The quantitative estimate of drug-likeness (QED) is 0.529. The highest BCUT2D eigenvalue weighted by Crippen LogP contribution is 2.27. The van der Waals surface area contributed by atoms with Crippen molar-refractivity contribution < 1.29 is 18.4 Å². The summed E-state index contributed by atoms with van der Waals surface area (Å²) < 4.78 is 27.3. The SMILES string of the molecule is CCC(CCO)CNS(=O)(=O)c1cc(Br)ccc1[N+](=O)[O-]. The van der Waals surface area contributed by atoms with E-state index in [9.17, 15) is 18.5 Å². The maximum absolute atomic E-state index is 12.2. The molecule has 1 unspecified atom stereocenters. The van der Waals surface area contributed by atoms with E-state index in [1.807, 2.05) is 6.92 Å². The van der Waals surface area contributed by atoms with E-state index in [4.69, 9.17) is 5.11 Å². The van der Waals surface area contributed by atoms with Crippen LogP contribution >= 0.6 is 15.9 Å². The highest BCUT2D eigenvalue weighted by atomic mass is 79.9. The van der Waals surface area contributed by atoms with Gasteiger partial charge in [0.25, 0.3) is 5.69 Å². The number of nitrogens with zero attached hydrogens (tertiary/aromatic N) is 1. The minimum Gasteiger partial charge on any atom is -0.396 e. The van der Waals surface area contributed by atoms with Crippen LogP contribution < -0.4 is 4.72 Å². The van der Waals surface area contributed by atoms with Crippen LogP contribution in [0.2, 0.25) is 0 Å². The first-order valence-electron chi connectivity index (χ1n) is 6.36. The van der Waals surface area contributed by atoms with Crippen molar-refractivity contribution in [3.8, 4) is 0 Å². The zero-order valence-corrected chi connectivity index (χ0v) is 13.9. The fraction of sp³-hybridized carbons (Fsp3) is 0.500. The van der Waals surface area contributed by atoms with Gasteiger partial charge in [0.1, 0.15) is 0 Å². The van der Waals surface area contributed by atoms with Crippen molar-refractivity contribution in [3.63, 3.8) is 0 Å². The molecule has 9 heteroatoms. The molecule has 7 nitrogen and oxygen atoms in total. The lowest BCUT2D eigenvalue weighted by atomic mass is 10.0. The molecule has 0 amide bonds. The van der Waals surface area contributed by atoms with Crippen LogP contribution in [0.25, 0.3) is 0 Å². The number of hydrogen-bond acceptors (Lipinski definition) is 5. The number of hydrogen-bond donors (Lipinski definition) is 2. The van der Waals surface area contributed by atoms with Crippen LogP contribution in [0.4, 0.5) is 5.69 Å². The molecule has 1 rings (SSSR count). The lowest BCUT2D eigenvalue weighted by Gasteiger charge is -2.14. The highest BCUT2D eigenvalue weighted by molar-refractivity contribution is 9.10. The van der Waals surface area contributed by atoms with Gasteiger partial charge >= 0.3 is 0 Å². The number of benzene rings is 1. The van der Waals surface area contributed by atoms with Crippen molar-refractivity contribution in [3.05, 3.63) is 32.8 Å². The van der Waals surface area contributed by atoms with Crippen molar-refractivity contribution >= 4 is 31.6 Å². The molecular formula is C12H17BrN2O5S. The number of nitrogens with one attached hydrogen (secondary N) is 1. The van der Waals surface area contributed by atoms with Gasteiger partial charge in [-0.15, -0.1) is 0 Å². The van der Waals surface area contributed by atoms with E-state index in [1.165, 1.54) is 12.1 Å². The number of aliphatic hydroxyl groups excluding tert-OH is 1. The van der Waals surface area contributed by atoms with E-state index in [-0.39, 0.29) is 24.0 Å². The molecule has 21 heavy (non-hydrogen) atoms. The number of nitro groups is 1. The summed E-state index contributed by atoms with van der Waals surface area (Å²) in [5.41, 5.74) is -0.471. The molecule has 2 N–H and O–H groups in total. The largest absolute Gasteiger partial charge is 0.396 e. The van der Waals surface area contributed by atoms with Crippen LogP contribution in [0.15, 0.2) is 27.6 Å². The standard InChI is InChI=1S/C12H17BrN2O5S/c1-2-9(5-6-16)8-14-21(19,20)12-7-10(13)3-4-11(12)15(17)18/h3-4,7,9,14,16H,2,5-6,8H2,1H3. The Morgan fingerprint density at radius 2 is 2.14 bits per heavy atom. The molecule has 0 heterocycles. The molecule has 0 radical (unpaired) electrons. The fourth-order valence-electron chi connectivity index (χ4n) is 1.79. The third kappa shape index (κ3) is 5.03. The average Bonchev–Trinajstić information content (AvgIpc) is 2.43. The molecule has 0 aliphatic heterocycles. The maximum Gasteiger partial charge on any atom is 0.289 e. The summed E-state index contributed by atoms with van der Waals surface area (Å²) in [5.74, 6) is -0.0176. The fourth-order valence-corrected chi connectivity index (χ4v) is 3.62. The minimum atomic E-state index is -3.99. The smallest absolute Gasteiger partial charge is 0.289 e. The van der Waals surface area contributed by atoms with E-state index >= 15 is 0 Å². The highest BCUT2D eigenvalue weighted by Gasteiger charge is 2.26. The van der Waals surface area contributed by atoms with Crippen LogP contribution in [0, 0.1) is 16.0 Å². The molecule has 0 aliphatic carbocycles. The minimum absolute atomic E-state index is 0.0176. The summed E-state index contributed by atoms with van der Waals surface area (Å²) in [6.07, 6.45) is 1.17. The van der Waals surface area contributed by atoms with E-state index in [1.54, 1.807) is 0 Å². The first-order chi connectivity index (χ1) is 9.81. The second-order valence-corrected chi connectivity index (χ2v) is 7.16. The number of sulfonamides is 1. The Balaban J connectivity index is 3.02.